The number of sulfonamides is 1. The number of nitrogens with zero attached hydrogens (tertiary/aromatic N) is 1. The summed E-state index contributed by atoms with van der Waals surface area (Å²) in [6.45, 7) is 0.246. The van der Waals surface area contributed by atoms with Crippen LogP contribution >= 0.6 is 0 Å². The average molecular weight is 388 g/mol. The predicted molar refractivity (Wildman–Crippen MR) is 87.5 cm³/mol. The second kappa shape index (κ2) is 6.36. The number of anilines is 1. The van der Waals surface area contributed by atoms with Gasteiger partial charge in [-0.05, 0) is 35.9 Å². The van der Waals surface area contributed by atoms with Crippen molar-refractivity contribution < 1.29 is 31.1 Å². The normalized spacial score (nSPS) is 13.7. The Morgan fingerprint density at radius 2 is 1.81 bits per heavy atom. The Hall–Kier alpha value is -2.46. The fourth-order valence-electron chi connectivity index (χ4n) is 2.65. The number of nitrogens with two attached hydrogens (primary N) is 1. The van der Waals surface area contributed by atoms with Gasteiger partial charge in [-0.15, -0.1) is 0 Å². The molecule has 1 heterocycles. The van der Waals surface area contributed by atoms with Crippen molar-refractivity contribution in [1.82, 2.24) is 0 Å². The minimum atomic E-state index is -4.74. The monoisotopic (exact) mass is 388 g/mol. The summed E-state index contributed by atoms with van der Waals surface area (Å²) in [6.07, 6.45) is -4.74. The van der Waals surface area contributed by atoms with Gasteiger partial charge in [-0.1, -0.05) is 6.07 Å². The van der Waals surface area contributed by atoms with E-state index in [1.807, 2.05) is 0 Å². The van der Waals surface area contributed by atoms with Crippen LogP contribution in [0.2, 0.25) is 0 Å². The Kier molecular flexibility index (Phi) is 4.49. The lowest BCUT2D eigenvalue weighted by Crippen LogP contribution is -2.22. The van der Waals surface area contributed by atoms with Gasteiger partial charge in [-0.2, -0.15) is 13.2 Å². The summed E-state index contributed by atoms with van der Waals surface area (Å²) < 4.78 is 73.4. The van der Waals surface area contributed by atoms with Crippen LogP contribution in [-0.2, 0) is 22.7 Å². The average Bonchev–Trinajstić information content (AvgIpc) is 3.00. The summed E-state index contributed by atoms with van der Waals surface area (Å²) in [4.78, 5) is 0.776. The van der Waals surface area contributed by atoms with Crippen LogP contribution in [-0.4, -0.2) is 22.3 Å². The molecule has 0 atom stereocenters. The number of hydrogen-bond donors (Lipinski definition) is 1. The summed E-state index contributed by atoms with van der Waals surface area (Å²) in [5.74, 6) is 1.10. The molecule has 2 N–H and O–H groups in total. The molecule has 0 bridgehead atoms. The van der Waals surface area contributed by atoms with Crippen LogP contribution in [0.3, 0.4) is 0 Å². The van der Waals surface area contributed by atoms with Crippen molar-refractivity contribution >= 4 is 15.7 Å². The summed E-state index contributed by atoms with van der Waals surface area (Å²) in [7, 11) is -2.76. The van der Waals surface area contributed by atoms with Gasteiger partial charge in [0.2, 0.25) is 16.8 Å². The van der Waals surface area contributed by atoms with E-state index in [0.29, 0.717) is 23.1 Å². The standard InChI is InChI=1S/C16H15F3N2O4S/c1-21(8-10-2-5-14-15(6-10)25-9-24-14)13-4-3-11(26(20,22)23)7-12(13)16(17,18)19/h2-7H,8-9H2,1H3,(H2,20,22,23). The number of alkyl halides is 3. The molecule has 26 heavy (non-hydrogen) atoms. The molecule has 0 fully saturated rings. The van der Waals surface area contributed by atoms with E-state index in [9.17, 15) is 21.6 Å². The first-order valence-corrected chi connectivity index (χ1v) is 8.94. The number of primary sulfonamides is 1. The second-order valence-corrected chi connectivity index (χ2v) is 7.33. The molecule has 0 amide bonds. The number of ether oxygens (including phenoxy) is 2. The van der Waals surface area contributed by atoms with Crippen molar-refractivity contribution in [2.24, 2.45) is 5.14 Å². The van der Waals surface area contributed by atoms with E-state index < -0.39 is 26.7 Å². The van der Waals surface area contributed by atoms with Crippen LogP contribution in [0.5, 0.6) is 11.5 Å². The Morgan fingerprint density at radius 1 is 1.12 bits per heavy atom. The Morgan fingerprint density at radius 3 is 2.46 bits per heavy atom. The van der Waals surface area contributed by atoms with Gasteiger partial charge >= 0.3 is 6.18 Å². The van der Waals surface area contributed by atoms with E-state index in [-0.39, 0.29) is 19.0 Å². The minimum absolute atomic E-state index is 0.0991. The molecular formula is C16H15F3N2O4S. The van der Waals surface area contributed by atoms with Gasteiger partial charge in [0.25, 0.3) is 0 Å². The highest BCUT2D eigenvalue weighted by molar-refractivity contribution is 7.89. The molecule has 0 aromatic heterocycles. The zero-order valence-electron chi connectivity index (χ0n) is 13.6. The van der Waals surface area contributed by atoms with Gasteiger partial charge in [-0.25, -0.2) is 13.6 Å². The number of halogens is 3. The zero-order chi connectivity index (χ0) is 19.1. The molecule has 0 saturated heterocycles. The molecule has 6 nitrogen and oxygen atoms in total. The van der Waals surface area contributed by atoms with Crippen molar-refractivity contribution in [2.45, 2.75) is 17.6 Å². The van der Waals surface area contributed by atoms with Crippen molar-refractivity contribution in [3.8, 4) is 11.5 Å². The Labute approximate surface area is 148 Å². The molecule has 1 aliphatic rings. The fraction of sp³-hybridized carbons (Fsp3) is 0.250. The lowest BCUT2D eigenvalue weighted by Gasteiger charge is -2.24. The van der Waals surface area contributed by atoms with Gasteiger partial charge in [-0.3, -0.25) is 0 Å². The van der Waals surface area contributed by atoms with Crippen LogP contribution in [0.15, 0.2) is 41.3 Å². The van der Waals surface area contributed by atoms with Crippen LogP contribution in [0, 0.1) is 0 Å². The quantitative estimate of drug-likeness (QED) is 0.871. The number of fused-ring (bicyclic) bond motifs is 1. The van der Waals surface area contributed by atoms with Gasteiger partial charge in [0.1, 0.15) is 0 Å². The summed E-state index contributed by atoms with van der Waals surface area (Å²) in [6, 6.07) is 7.77. The summed E-state index contributed by atoms with van der Waals surface area (Å²) in [5.41, 5.74) is -0.532. The highest BCUT2D eigenvalue weighted by Crippen LogP contribution is 2.38. The molecule has 2 aromatic carbocycles. The SMILES string of the molecule is CN(Cc1ccc2c(c1)OCO2)c1ccc(S(N)(=O)=O)cc1C(F)(F)F. The van der Waals surface area contributed by atoms with E-state index >= 15 is 0 Å². The molecule has 0 aliphatic carbocycles. The van der Waals surface area contributed by atoms with Crippen molar-refractivity contribution in [1.29, 1.82) is 0 Å². The predicted octanol–water partition coefficient (Wildman–Crippen LogP) is 2.72. The maximum Gasteiger partial charge on any atom is 0.418 e. The van der Waals surface area contributed by atoms with Crippen molar-refractivity contribution in [3.63, 3.8) is 0 Å². The molecule has 0 radical (unpaired) electrons. The third-order valence-corrected chi connectivity index (χ3v) is 4.78. The van der Waals surface area contributed by atoms with Crippen molar-refractivity contribution in [2.75, 3.05) is 18.7 Å². The molecule has 0 spiro atoms. The number of rotatable bonds is 4. The van der Waals surface area contributed by atoms with E-state index in [4.69, 9.17) is 14.6 Å². The maximum atomic E-state index is 13.4. The highest BCUT2D eigenvalue weighted by atomic mass is 32.2. The third-order valence-electron chi connectivity index (χ3n) is 3.87. The zero-order valence-corrected chi connectivity index (χ0v) is 14.4. The van der Waals surface area contributed by atoms with Gasteiger partial charge in [0.05, 0.1) is 10.5 Å². The molecule has 10 heteroatoms. The second-order valence-electron chi connectivity index (χ2n) is 5.77. The molecule has 3 rings (SSSR count). The number of hydrogen-bond acceptors (Lipinski definition) is 5. The largest absolute Gasteiger partial charge is 0.454 e. The highest BCUT2D eigenvalue weighted by Gasteiger charge is 2.35. The third kappa shape index (κ3) is 3.70. The number of benzene rings is 2. The van der Waals surface area contributed by atoms with Gasteiger partial charge in [0.15, 0.2) is 11.5 Å². The summed E-state index contributed by atoms with van der Waals surface area (Å²) in [5, 5.41) is 4.94. The maximum absolute atomic E-state index is 13.4. The first-order valence-electron chi connectivity index (χ1n) is 7.39. The first kappa shape index (κ1) is 18.3. The van der Waals surface area contributed by atoms with Gasteiger partial charge in [0, 0.05) is 19.3 Å². The smallest absolute Gasteiger partial charge is 0.418 e. The lowest BCUT2D eigenvalue weighted by atomic mass is 10.1. The Bertz CT molecular complexity index is 945. The first-order chi connectivity index (χ1) is 12.1. The van der Waals surface area contributed by atoms with Crippen LogP contribution < -0.4 is 19.5 Å². The van der Waals surface area contributed by atoms with E-state index in [2.05, 4.69) is 0 Å². The molecule has 140 valence electrons. The van der Waals surface area contributed by atoms with E-state index in [1.165, 1.54) is 11.9 Å². The summed E-state index contributed by atoms with van der Waals surface area (Å²) >= 11 is 0. The van der Waals surface area contributed by atoms with Gasteiger partial charge < -0.3 is 14.4 Å². The molecule has 1 aliphatic heterocycles. The molecule has 0 unspecified atom stereocenters. The van der Waals surface area contributed by atoms with Crippen LogP contribution in [0.4, 0.5) is 18.9 Å². The molecule has 2 aromatic rings. The topological polar surface area (TPSA) is 81.9 Å². The minimum Gasteiger partial charge on any atom is -0.454 e. The molecule has 0 saturated carbocycles. The lowest BCUT2D eigenvalue weighted by molar-refractivity contribution is -0.137. The van der Waals surface area contributed by atoms with E-state index in [0.717, 1.165) is 12.1 Å². The van der Waals surface area contributed by atoms with Crippen LogP contribution in [0.25, 0.3) is 0 Å². The van der Waals surface area contributed by atoms with Crippen molar-refractivity contribution in [3.05, 3.63) is 47.5 Å². The van der Waals surface area contributed by atoms with E-state index in [1.54, 1.807) is 18.2 Å². The Balaban J connectivity index is 1.94. The molecular weight excluding hydrogens is 373 g/mol. The van der Waals surface area contributed by atoms with Crippen LogP contribution in [0.1, 0.15) is 11.1 Å². The fourth-order valence-corrected chi connectivity index (χ4v) is 3.19.